The van der Waals surface area contributed by atoms with E-state index in [0.717, 1.165) is 28.2 Å². The fourth-order valence-electron chi connectivity index (χ4n) is 4.43. The number of nitrogens with zero attached hydrogens (tertiary/aromatic N) is 2. The molecule has 0 aliphatic carbocycles. The second kappa shape index (κ2) is 11.9. The van der Waals surface area contributed by atoms with Gasteiger partial charge in [0.15, 0.2) is 5.11 Å². The van der Waals surface area contributed by atoms with Crippen molar-refractivity contribution in [1.29, 1.82) is 0 Å². The van der Waals surface area contributed by atoms with E-state index in [9.17, 15) is 4.79 Å². The van der Waals surface area contributed by atoms with Gasteiger partial charge in [-0.15, -0.1) is 0 Å². The van der Waals surface area contributed by atoms with E-state index in [-0.39, 0.29) is 16.9 Å². The van der Waals surface area contributed by atoms with Crippen LogP contribution < -0.4 is 20.4 Å². The van der Waals surface area contributed by atoms with E-state index in [0.29, 0.717) is 5.56 Å². The molecule has 194 valence electrons. The van der Waals surface area contributed by atoms with Gasteiger partial charge in [-0.05, 0) is 78.3 Å². The van der Waals surface area contributed by atoms with Crippen LogP contribution in [0, 0.1) is 6.92 Å². The topological polar surface area (TPSA) is 47.6 Å². The van der Waals surface area contributed by atoms with Crippen molar-refractivity contribution in [2.75, 3.05) is 43.3 Å². The third kappa shape index (κ3) is 6.39. The molecule has 5 nitrogen and oxygen atoms in total. The second-order valence-electron chi connectivity index (χ2n) is 9.77. The van der Waals surface area contributed by atoms with Crippen molar-refractivity contribution in [2.45, 2.75) is 12.8 Å². The molecule has 0 heterocycles. The zero-order chi connectivity index (χ0) is 27.2. The number of amides is 1. The van der Waals surface area contributed by atoms with Gasteiger partial charge in [0.05, 0.1) is 0 Å². The second-order valence-corrected chi connectivity index (χ2v) is 10.2. The summed E-state index contributed by atoms with van der Waals surface area (Å²) in [5, 5.41) is 6.37. The number of hydrogen-bond donors (Lipinski definition) is 2. The highest BCUT2D eigenvalue weighted by Crippen LogP contribution is 2.38. The molecular weight excluding hydrogens is 488 g/mol. The van der Waals surface area contributed by atoms with Crippen molar-refractivity contribution < 1.29 is 4.79 Å². The molecule has 6 heteroatoms. The molecule has 4 aromatic carbocycles. The van der Waals surface area contributed by atoms with Gasteiger partial charge in [-0.25, -0.2) is 0 Å². The normalized spacial score (nSPS) is 10.7. The Bertz CT molecular complexity index is 1350. The number of carbonyl (C=O) groups excluding carboxylic acids is 1. The highest BCUT2D eigenvalue weighted by atomic mass is 32.1. The van der Waals surface area contributed by atoms with Crippen LogP contribution in [0.5, 0.6) is 0 Å². The van der Waals surface area contributed by atoms with E-state index >= 15 is 0 Å². The van der Waals surface area contributed by atoms with Crippen molar-refractivity contribution in [1.82, 2.24) is 5.32 Å². The molecule has 0 aliphatic heterocycles. The molecule has 4 rings (SSSR count). The number of hydrogen-bond acceptors (Lipinski definition) is 4. The van der Waals surface area contributed by atoms with E-state index in [4.69, 9.17) is 12.2 Å². The summed E-state index contributed by atoms with van der Waals surface area (Å²) in [6.07, 6.45) is 0. The van der Waals surface area contributed by atoms with Gasteiger partial charge in [0.1, 0.15) is 0 Å². The summed E-state index contributed by atoms with van der Waals surface area (Å²) in [7, 11) is 8.17. The maximum atomic E-state index is 12.7. The number of carbonyl (C=O) groups is 1. The lowest BCUT2D eigenvalue weighted by molar-refractivity contribution is 0.0977. The monoisotopic (exact) mass is 522 g/mol. The number of anilines is 3. The van der Waals surface area contributed by atoms with Gasteiger partial charge >= 0.3 is 0 Å². The predicted octanol–water partition coefficient (Wildman–Crippen LogP) is 6.43. The summed E-state index contributed by atoms with van der Waals surface area (Å²) in [5.41, 5.74) is 8.25. The predicted molar refractivity (Wildman–Crippen MR) is 164 cm³/mol. The van der Waals surface area contributed by atoms with Gasteiger partial charge in [0, 0.05) is 56.7 Å². The van der Waals surface area contributed by atoms with Crippen LogP contribution in [0.2, 0.25) is 0 Å². The van der Waals surface area contributed by atoms with Crippen molar-refractivity contribution in [3.05, 3.63) is 125 Å². The molecule has 0 aliphatic rings. The van der Waals surface area contributed by atoms with Crippen LogP contribution in [0.25, 0.3) is 0 Å². The minimum Gasteiger partial charge on any atom is -0.378 e. The quantitative estimate of drug-likeness (QED) is 0.216. The molecule has 38 heavy (non-hydrogen) atoms. The largest absolute Gasteiger partial charge is 0.378 e. The van der Waals surface area contributed by atoms with Gasteiger partial charge in [0.25, 0.3) is 5.91 Å². The zero-order valence-electron chi connectivity index (χ0n) is 22.5. The molecule has 1 amide bonds. The van der Waals surface area contributed by atoms with Gasteiger partial charge < -0.3 is 15.1 Å². The molecule has 0 spiro atoms. The Kier molecular flexibility index (Phi) is 8.44. The number of rotatable bonds is 7. The molecular formula is C32H34N4OS. The summed E-state index contributed by atoms with van der Waals surface area (Å²) in [6, 6.07) is 32.6. The Hall–Kier alpha value is -4.16. The van der Waals surface area contributed by atoms with E-state index in [1.807, 2.05) is 52.5 Å². The molecule has 0 saturated carbocycles. The lowest BCUT2D eigenvalue weighted by atomic mass is 9.83. The van der Waals surface area contributed by atoms with Crippen molar-refractivity contribution in [2.24, 2.45) is 0 Å². The van der Waals surface area contributed by atoms with Crippen LogP contribution in [0.4, 0.5) is 17.1 Å². The lowest BCUT2D eigenvalue weighted by Crippen LogP contribution is -2.34. The molecule has 0 bridgehead atoms. The Morgan fingerprint density at radius 2 is 1.26 bits per heavy atom. The first-order chi connectivity index (χ1) is 18.2. The van der Waals surface area contributed by atoms with Gasteiger partial charge in [-0.1, -0.05) is 60.2 Å². The Labute approximate surface area is 231 Å². The summed E-state index contributed by atoms with van der Waals surface area (Å²) in [5.74, 6) is -0.288. The van der Waals surface area contributed by atoms with Gasteiger partial charge in [-0.3, -0.25) is 10.1 Å². The zero-order valence-corrected chi connectivity index (χ0v) is 23.3. The summed E-state index contributed by atoms with van der Waals surface area (Å²) < 4.78 is 0. The molecule has 4 aromatic rings. The average molecular weight is 523 g/mol. The molecule has 0 aromatic heterocycles. The van der Waals surface area contributed by atoms with Crippen LogP contribution in [-0.4, -0.2) is 39.2 Å². The third-order valence-electron chi connectivity index (χ3n) is 6.51. The maximum absolute atomic E-state index is 12.7. The summed E-state index contributed by atoms with van der Waals surface area (Å²) >= 11 is 5.56. The van der Waals surface area contributed by atoms with Crippen LogP contribution >= 0.6 is 12.2 Å². The van der Waals surface area contributed by atoms with Crippen molar-refractivity contribution in [3.8, 4) is 0 Å². The highest BCUT2D eigenvalue weighted by molar-refractivity contribution is 7.80. The SMILES string of the molecule is Cc1ccc(NC(=S)NC(=O)c2ccccc2)c(C(c2ccc(N(C)C)cc2)c2ccc(N(C)C)cc2)c1. The lowest BCUT2D eigenvalue weighted by Gasteiger charge is -2.25. The molecule has 0 radical (unpaired) electrons. The van der Waals surface area contributed by atoms with Crippen LogP contribution in [-0.2, 0) is 0 Å². The maximum Gasteiger partial charge on any atom is 0.257 e. The Balaban J connectivity index is 1.73. The van der Waals surface area contributed by atoms with E-state index in [2.05, 4.69) is 88.0 Å². The molecule has 2 N–H and O–H groups in total. The average Bonchev–Trinajstić information content (AvgIpc) is 2.91. The summed E-state index contributed by atoms with van der Waals surface area (Å²) in [4.78, 5) is 16.9. The van der Waals surface area contributed by atoms with E-state index < -0.39 is 0 Å². The van der Waals surface area contributed by atoms with Crippen LogP contribution in [0.1, 0.15) is 38.5 Å². The first kappa shape index (κ1) is 26.9. The number of aryl methyl sites for hydroxylation is 1. The fourth-order valence-corrected chi connectivity index (χ4v) is 4.64. The number of benzene rings is 4. The molecule has 0 atom stereocenters. The van der Waals surface area contributed by atoms with Crippen LogP contribution in [0.3, 0.4) is 0 Å². The number of nitrogens with one attached hydrogen (secondary N) is 2. The standard InChI is InChI=1S/C32H34N4OS/c1-22-11-20-29(33-32(38)34-31(37)25-9-7-6-8-10-25)28(21-22)30(23-12-16-26(17-13-23)35(2)3)24-14-18-27(19-15-24)36(4)5/h6-21,30H,1-5H3,(H2,33,34,37,38). The minimum atomic E-state index is -0.244. The minimum absolute atomic E-state index is 0.0440. The van der Waals surface area contributed by atoms with Crippen molar-refractivity contribution >= 4 is 40.3 Å². The molecule has 0 saturated heterocycles. The molecule has 0 unspecified atom stereocenters. The molecule has 0 fully saturated rings. The smallest absolute Gasteiger partial charge is 0.257 e. The van der Waals surface area contributed by atoms with Crippen molar-refractivity contribution in [3.63, 3.8) is 0 Å². The first-order valence-electron chi connectivity index (χ1n) is 12.6. The van der Waals surface area contributed by atoms with Gasteiger partial charge in [-0.2, -0.15) is 0 Å². The summed E-state index contributed by atoms with van der Waals surface area (Å²) in [6.45, 7) is 2.09. The van der Waals surface area contributed by atoms with E-state index in [1.54, 1.807) is 12.1 Å². The van der Waals surface area contributed by atoms with Gasteiger partial charge in [0.2, 0.25) is 0 Å². The fraction of sp³-hybridized carbons (Fsp3) is 0.188. The number of thiocarbonyl (C=S) groups is 1. The third-order valence-corrected chi connectivity index (χ3v) is 6.72. The Morgan fingerprint density at radius 3 is 1.76 bits per heavy atom. The first-order valence-corrected chi connectivity index (χ1v) is 13.0. The Morgan fingerprint density at radius 1 is 0.737 bits per heavy atom. The highest BCUT2D eigenvalue weighted by Gasteiger charge is 2.22. The van der Waals surface area contributed by atoms with E-state index in [1.165, 1.54) is 11.1 Å². The van der Waals surface area contributed by atoms with Crippen LogP contribution in [0.15, 0.2) is 97.1 Å².